The van der Waals surface area contributed by atoms with Crippen LogP contribution in [0.15, 0.2) is 29.3 Å². The van der Waals surface area contributed by atoms with Crippen molar-refractivity contribution in [1.29, 1.82) is 0 Å². The number of benzene rings is 1. The molecule has 0 aliphatic carbocycles. The molecule has 0 radical (unpaired) electrons. The molecule has 1 unspecified atom stereocenters. The zero-order valence-corrected chi connectivity index (χ0v) is 18.9. The van der Waals surface area contributed by atoms with E-state index in [0.29, 0.717) is 19.0 Å². The van der Waals surface area contributed by atoms with Crippen molar-refractivity contribution in [3.8, 4) is 0 Å². The minimum absolute atomic E-state index is 0. The fraction of sp³-hybridized carbons (Fsp3) is 0.562. The van der Waals surface area contributed by atoms with Gasteiger partial charge in [-0.15, -0.1) is 24.0 Å². The van der Waals surface area contributed by atoms with Crippen molar-refractivity contribution in [3.05, 3.63) is 29.3 Å². The van der Waals surface area contributed by atoms with Crippen LogP contribution >= 0.6 is 35.6 Å². The molecule has 3 N–H and O–H groups in total. The summed E-state index contributed by atoms with van der Waals surface area (Å²) in [5.74, 6) is 0.759. The molecule has 0 aromatic heterocycles. The number of aliphatic imine (C=N–C) groups is 1. The molecule has 0 saturated carbocycles. The third-order valence-electron chi connectivity index (χ3n) is 4.05. The zero-order valence-electron chi connectivity index (χ0n) is 15.0. The number of rotatable bonds is 7. The predicted molar refractivity (Wildman–Crippen MR) is 119 cm³/mol. The van der Waals surface area contributed by atoms with Crippen LogP contribution in [0.2, 0.25) is 5.02 Å². The summed E-state index contributed by atoms with van der Waals surface area (Å²) in [5, 5.41) is 7.24. The van der Waals surface area contributed by atoms with Crippen LogP contribution in [-0.4, -0.2) is 59.4 Å². The van der Waals surface area contributed by atoms with Gasteiger partial charge in [0.05, 0.1) is 5.75 Å². The van der Waals surface area contributed by atoms with E-state index >= 15 is 0 Å². The molecule has 1 saturated heterocycles. The first-order chi connectivity index (χ1) is 11.9. The molecule has 1 atom stereocenters. The Hall–Kier alpha value is -0.780. The van der Waals surface area contributed by atoms with Gasteiger partial charge in [-0.2, -0.15) is 0 Å². The second-order valence-corrected chi connectivity index (χ2v) is 8.38. The second-order valence-electron chi connectivity index (χ2n) is 5.85. The summed E-state index contributed by atoms with van der Waals surface area (Å²) in [7, 11) is -1.45. The van der Waals surface area contributed by atoms with Crippen LogP contribution in [0.5, 0.6) is 0 Å². The molecule has 148 valence electrons. The number of nitrogens with zero attached hydrogens (tertiary/aromatic N) is 2. The third kappa shape index (κ3) is 7.45. The van der Waals surface area contributed by atoms with Gasteiger partial charge in [-0.3, -0.25) is 4.99 Å². The van der Waals surface area contributed by atoms with Crippen molar-refractivity contribution in [1.82, 2.24) is 15.4 Å². The Labute approximate surface area is 178 Å². The van der Waals surface area contributed by atoms with Crippen LogP contribution in [0.3, 0.4) is 0 Å². The molecule has 1 aromatic carbocycles. The maximum atomic E-state index is 11.4. The molecule has 7 nitrogen and oxygen atoms in total. The third-order valence-corrected chi connectivity index (χ3v) is 5.68. The number of halogens is 2. The van der Waals surface area contributed by atoms with E-state index in [4.69, 9.17) is 11.6 Å². The topological polar surface area (TPSA) is 85.8 Å². The highest BCUT2D eigenvalue weighted by atomic mass is 127. The maximum Gasteiger partial charge on any atom is 0.211 e. The molecule has 0 spiro atoms. The number of hydrogen-bond acceptors (Lipinski definition) is 4. The monoisotopic (exact) mass is 515 g/mol. The van der Waals surface area contributed by atoms with Gasteiger partial charge in [0.25, 0.3) is 0 Å². The molecule has 0 bridgehead atoms. The SMILES string of the molecule is CCS(=O)(=O)NCCNC(=NC)NC1CCN(c2cccc(Cl)c2)C1.I. The first-order valence-electron chi connectivity index (χ1n) is 8.38. The summed E-state index contributed by atoms with van der Waals surface area (Å²) in [4.78, 5) is 6.48. The van der Waals surface area contributed by atoms with Crippen LogP contribution in [0.1, 0.15) is 13.3 Å². The lowest BCUT2D eigenvalue weighted by atomic mass is 10.3. The van der Waals surface area contributed by atoms with Gasteiger partial charge in [0.1, 0.15) is 0 Å². The summed E-state index contributed by atoms with van der Waals surface area (Å²) in [5.41, 5.74) is 1.12. The smallest absolute Gasteiger partial charge is 0.211 e. The Morgan fingerprint density at radius 2 is 2.15 bits per heavy atom. The highest BCUT2D eigenvalue weighted by molar-refractivity contribution is 14.0. The van der Waals surface area contributed by atoms with E-state index in [1.807, 2.05) is 18.2 Å². The quantitative estimate of drug-likeness (QED) is 0.223. The van der Waals surface area contributed by atoms with Gasteiger partial charge in [-0.1, -0.05) is 17.7 Å². The highest BCUT2D eigenvalue weighted by Crippen LogP contribution is 2.23. The lowest BCUT2D eigenvalue weighted by molar-refractivity contribution is 0.581. The average Bonchev–Trinajstić information content (AvgIpc) is 3.06. The largest absolute Gasteiger partial charge is 0.369 e. The molecule has 26 heavy (non-hydrogen) atoms. The van der Waals surface area contributed by atoms with Gasteiger partial charge in [-0.05, 0) is 31.5 Å². The first-order valence-corrected chi connectivity index (χ1v) is 10.4. The molecular weight excluding hydrogens is 489 g/mol. The van der Waals surface area contributed by atoms with E-state index in [1.165, 1.54) is 0 Å². The lowest BCUT2D eigenvalue weighted by Crippen LogP contribution is -2.46. The fourth-order valence-electron chi connectivity index (χ4n) is 2.66. The van der Waals surface area contributed by atoms with Crippen molar-refractivity contribution in [2.45, 2.75) is 19.4 Å². The average molecular weight is 516 g/mol. The predicted octanol–water partition coefficient (Wildman–Crippen LogP) is 1.64. The normalized spacial score (nSPS) is 17.7. The molecule has 1 fully saturated rings. The number of sulfonamides is 1. The minimum atomic E-state index is -3.16. The first kappa shape index (κ1) is 23.3. The van der Waals surface area contributed by atoms with E-state index in [0.717, 1.165) is 30.2 Å². The molecule has 1 aliphatic heterocycles. The fourth-order valence-corrected chi connectivity index (χ4v) is 3.46. The Morgan fingerprint density at radius 1 is 1.38 bits per heavy atom. The number of guanidine groups is 1. The van der Waals surface area contributed by atoms with Gasteiger partial charge in [-0.25, -0.2) is 13.1 Å². The Kier molecular flexibility index (Phi) is 9.98. The molecule has 10 heteroatoms. The van der Waals surface area contributed by atoms with Crippen LogP contribution < -0.4 is 20.3 Å². The highest BCUT2D eigenvalue weighted by Gasteiger charge is 2.23. The van der Waals surface area contributed by atoms with E-state index in [9.17, 15) is 8.42 Å². The Bertz CT molecular complexity index is 702. The molecule has 2 rings (SSSR count). The molecule has 0 amide bonds. The van der Waals surface area contributed by atoms with Crippen molar-refractivity contribution in [3.63, 3.8) is 0 Å². The summed E-state index contributed by atoms with van der Waals surface area (Å²) in [6.07, 6.45) is 0.996. The van der Waals surface area contributed by atoms with Crippen LogP contribution in [0.25, 0.3) is 0 Å². The van der Waals surface area contributed by atoms with Gasteiger partial charge < -0.3 is 15.5 Å². The Balaban J connectivity index is 0.00000338. The van der Waals surface area contributed by atoms with E-state index in [-0.39, 0.29) is 35.8 Å². The number of anilines is 1. The van der Waals surface area contributed by atoms with Crippen LogP contribution in [-0.2, 0) is 10.0 Å². The summed E-state index contributed by atoms with van der Waals surface area (Å²) < 4.78 is 25.3. The summed E-state index contributed by atoms with van der Waals surface area (Å²) in [6.45, 7) is 4.23. The maximum absolute atomic E-state index is 11.4. The Morgan fingerprint density at radius 3 is 2.81 bits per heavy atom. The summed E-state index contributed by atoms with van der Waals surface area (Å²) >= 11 is 6.06. The van der Waals surface area contributed by atoms with Crippen molar-refractivity contribution in [2.24, 2.45) is 4.99 Å². The van der Waals surface area contributed by atoms with Crippen LogP contribution in [0, 0.1) is 0 Å². The van der Waals surface area contributed by atoms with Crippen LogP contribution in [0.4, 0.5) is 5.69 Å². The van der Waals surface area contributed by atoms with Gasteiger partial charge in [0, 0.05) is 50.0 Å². The van der Waals surface area contributed by atoms with Crippen molar-refractivity contribution >= 4 is 57.2 Å². The second kappa shape index (κ2) is 11.2. The molecule has 1 aromatic rings. The standard InChI is InChI=1S/C16H26ClN5O2S.HI/c1-3-25(23,24)20-9-8-19-16(18-2)21-14-7-10-22(12-14)15-6-4-5-13(17)11-15;/h4-6,11,14,20H,3,7-10,12H2,1-2H3,(H2,18,19,21);1H. The number of nitrogens with one attached hydrogen (secondary N) is 3. The van der Waals surface area contributed by atoms with Crippen molar-refractivity contribution in [2.75, 3.05) is 43.9 Å². The van der Waals surface area contributed by atoms with Gasteiger partial charge in [0.2, 0.25) is 10.0 Å². The van der Waals surface area contributed by atoms with Crippen molar-refractivity contribution < 1.29 is 8.42 Å². The molecular formula is C16H27ClIN5O2S. The molecule has 1 aliphatic rings. The van der Waals surface area contributed by atoms with E-state index in [1.54, 1.807) is 14.0 Å². The lowest BCUT2D eigenvalue weighted by Gasteiger charge is -2.20. The van der Waals surface area contributed by atoms with E-state index < -0.39 is 10.0 Å². The molecule has 1 heterocycles. The zero-order chi connectivity index (χ0) is 18.3. The summed E-state index contributed by atoms with van der Waals surface area (Å²) in [6, 6.07) is 8.13. The van der Waals surface area contributed by atoms with E-state index in [2.05, 4.69) is 31.3 Å². The van der Waals surface area contributed by atoms with Gasteiger partial charge in [0.15, 0.2) is 5.96 Å². The number of hydrogen-bond donors (Lipinski definition) is 3. The minimum Gasteiger partial charge on any atom is -0.369 e. The van der Waals surface area contributed by atoms with Gasteiger partial charge >= 0.3 is 0 Å².